The molecule has 0 aliphatic carbocycles. The van der Waals surface area contributed by atoms with E-state index in [1.807, 2.05) is 4.90 Å². The Morgan fingerprint density at radius 3 is 2.41 bits per heavy atom. The zero-order valence-corrected chi connectivity index (χ0v) is 18.0. The van der Waals surface area contributed by atoms with Crippen molar-refractivity contribution >= 4 is 35.0 Å². The number of amides is 3. The summed E-state index contributed by atoms with van der Waals surface area (Å²) < 4.78 is 26.6. The Bertz CT molecular complexity index is 997. The van der Waals surface area contributed by atoms with Gasteiger partial charge in [-0.05, 0) is 24.3 Å². The van der Waals surface area contributed by atoms with Gasteiger partial charge in [0.1, 0.15) is 11.6 Å². The van der Waals surface area contributed by atoms with Crippen LogP contribution in [0.4, 0.5) is 14.5 Å². The van der Waals surface area contributed by atoms with Gasteiger partial charge in [0, 0.05) is 45.2 Å². The molecular formula is C22H23ClF2N4O3. The van der Waals surface area contributed by atoms with E-state index in [4.69, 9.17) is 11.6 Å². The average molecular weight is 465 g/mol. The molecule has 3 rings (SSSR count). The van der Waals surface area contributed by atoms with E-state index in [9.17, 15) is 23.2 Å². The van der Waals surface area contributed by atoms with E-state index in [2.05, 4.69) is 10.6 Å². The van der Waals surface area contributed by atoms with E-state index < -0.39 is 17.5 Å². The Balaban J connectivity index is 1.37. The van der Waals surface area contributed by atoms with Gasteiger partial charge in [0.05, 0.1) is 22.8 Å². The number of halogens is 3. The second-order valence-electron chi connectivity index (χ2n) is 7.32. The summed E-state index contributed by atoms with van der Waals surface area (Å²) in [6.45, 7) is 2.21. The molecule has 2 aromatic carbocycles. The van der Waals surface area contributed by atoms with Gasteiger partial charge in [-0.3, -0.25) is 19.3 Å². The fraction of sp³-hybridized carbons (Fsp3) is 0.318. The number of anilines is 1. The van der Waals surface area contributed by atoms with Crippen molar-refractivity contribution in [3.63, 3.8) is 0 Å². The fourth-order valence-corrected chi connectivity index (χ4v) is 3.50. The third-order valence-electron chi connectivity index (χ3n) is 5.04. The number of nitrogens with zero attached hydrogens (tertiary/aromatic N) is 2. The van der Waals surface area contributed by atoms with E-state index in [1.54, 1.807) is 29.2 Å². The molecule has 0 unspecified atom stereocenters. The van der Waals surface area contributed by atoms with Crippen molar-refractivity contribution in [2.75, 3.05) is 44.6 Å². The van der Waals surface area contributed by atoms with Crippen molar-refractivity contribution in [3.05, 3.63) is 64.7 Å². The fourth-order valence-electron chi connectivity index (χ4n) is 3.32. The topological polar surface area (TPSA) is 81.8 Å². The molecule has 0 spiro atoms. The van der Waals surface area contributed by atoms with Gasteiger partial charge in [0.25, 0.3) is 5.91 Å². The molecule has 7 nitrogen and oxygen atoms in total. The molecule has 0 bridgehead atoms. The lowest BCUT2D eigenvalue weighted by molar-refractivity contribution is -0.132. The molecule has 0 radical (unpaired) electrons. The summed E-state index contributed by atoms with van der Waals surface area (Å²) in [6.07, 6.45) is 0.0571. The summed E-state index contributed by atoms with van der Waals surface area (Å²) in [5.74, 6) is -2.76. The van der Waals surface area contributed by atoms with Crippen LogP contribution in [-0.4, -0.2) is 66.8 Å². The van der Waals surface area contributed by atoms with Crippen LogP contribution in [0.2, 0.25) is 5.02 Å². The number of hydrogen-bond acceptors (Lipinski definition) is 4. The summed E-state index contributed by atoms with van der Waals surface area (Å²) >= 11 is 6.04. The average Bonchev–Trinajstić information content (AvgIpc) is 2.75. The second kappa shape index (κ2) is 11.0. The number of rotatable bonds is 7. The lowest BCUT2D eigenvalue weighted by Crippen LogP contribution is -2.50. The summed E-state index contributed by atoms with van der Waals surface area (Å²) in [6, 6.07) is 9.67. The highest BCUT2D eigenvalue weighted by Gasteiger charge is 2.22. The number of nitrogens with one attached hydrogen (secondary N) is 2. The molecule has 1 saturated heterocycles. The largest absolute Gasteiger partial charge is 0.351 e. The molecule has 10 heteroatoms. The highest BCUT2D eigenvalue weighted by atomic mass is 35.5. The van der Waals surface area contributed by atoms with Crippen LogP contribution in [-0.2, 0) is 9.59 Å². The molecule has 32 heavy (non-hydrogen) atoms. The molecular weight excluding hydrogens is 442 g/mol. The first-order valence-corrected chi connectivity index (χ1v) is 10.5. The van der Waals surface area contributed by atoms with Crippen LogP contribution in [0.3, 0.4) is 0 Å². The number of carbonyl (C=O) groups is 3. The molecule has 3 amide bonds. The maximum atomic E-state index is 13.6. The molecule has 0 aromatic heterocycles. The molecule has 0 atom stereocenters. The number of carbonyl (C=O) groups excluding carboxylic acids is 3. The molecule has 170 valence electrons. The van der Waals surface area contributed by atoms with Gasteiger partial charge in [-0.25, -0.2) is 8.78 Å². The maximum Gasteiger partial charge on any atom is 0.254 e. The van der Waals surface area contributed by atoms with Crippen LogP contribution in [0.5, 0.6) is 0 Å². The van der Waals surface area contributed by atoms with Crippen molar-refractivity contribution in [1.82, 2.24) is 15.1 Å². The molecule has 0 saturated carbocycles. The van der Waals surface area contributed by atoms with Gasteiger partial charge in [-0.2, -0.15) is 0 Å². The quantitative estimate of drug-likeness (QED) is 0.659. The summed E-state index contributed by atoms with van der Waals surface area (Å²) in [4.78, 5) is 40.2. The van der Waals surface area contributed by atoms with Gasteiger partial charge in [-0.15, -0.1) is 0 Å². The Morgan fingerprint density at radius 1 is 1.00 bits per heavy atom. The SMILES string of the molecule is O=C(CN1CCN(C(=O)CCNC(=O)c2ccc(F)cc2F)CC1)Nc1ccccc1Cl. The first-order valence-electron chi connectivity index (χ1n) is 10.1. The third kappa shape index (κ3) is 6.48. The van der Waals surface area contributed by atoms with E-state index in [0.29, 0.717) is 43.0 Å². The Labute approximate surface area is 189 Å². The minimum atomic E-state index is -0.955. The molecule has 1 heterocycles. The second-order valence-corrected chi connectivity index (χ2v) is 7.72. The Morgan fingerprint density at radius 2 is 1.72 bits per heavy atom. The summed E-state index contributed by atoms with van der Waals surface area (Å²) in [5, 5.41) is 5.70. The van der Waals surface area contributed by atoms with Crippen LogP contribution in [0.1, 0.15) is 16.8 Å². The van der Waals surface area contributed by atoms with Gasteiger partial charge in [-0.1, -0.05) is 23.7 Å². The lowest BCUT2D eigenvalue weighted by Gasteiger charge is -2.34. The highest BCUT2D eigenvalue weighted by Crippen LogP contribution is 2.20. The number of piperazine rings is 1. The van der Waals surface area contributed by atoms with Crippen molar-refractivity contribution in [1.29, 1.82) is 0 Å². The van der Waals surface area contributed by atoms with Crippen LogP contribution < -0.4 is 10.6 Å². The van der Waals surface area contributed by atoms with E-state index in [0.717, 1.165) is 12.1 Å². The lowest BCUT2D eigenvalue weighted by atomic mass is 10.2. The molecule has 1 aliphatic heterocycles. The van der Waals surface area contributed by atoms with Crippen molar-refractivity contribution < 1.29 is 23.2 Å². The summed E-state index contributed by atoms with van der Waals surface area (Å²) in [7, 11) is 0. The van der Waals surface area contributed by atoms with Gasteiger partial charge in [0.2, 0.25) is 11.8 Å². The first-order chi connectivity index (χ1) is 15.3. The number of para-hydroxylation sites is 1. The zero-order chi connectivity index (χ0) is 23.1. The van der Waals surface area contributed by atoms with Crippen LogP contribution >= 0.6 is 11.6 Å². The van der Waals surface area contributed by atoms with E-state index in [-0.39, 0.29) is 36.9 Å². The van der Waals surface area contributed by atoms with Crippen molar-refractivity contribution in [2.45, 2.75) is 6.42 Å². The van der Waals surface area contributed by atoms with Crippen LogP contribution in [0, 0.1) is 11.6 Å². The summed E-state index contributed by atoms with van der Waals surface area (Å²) in [5.41, 5.74) is 0.276. The van der Waals surface area contributed by atoms with Crippen molar-refractivity contribution in [2.24, 2.45) is 0 Å². The first kappa shape index (κ1) is 23.6. The Hall–Kier alpha value is -3.04. The predicted octanol–water partition coefficient (Wildman–Crippen LogP) is 2.52. The maximum absolute atomic E-state index is 13.6. The minimum absolute atomic E-state index is 0.0366. The molecule has 1 fully saturated rings. The smallest absolute Gasteiger partial charge is 0.254 e. The zero-order valence-electron chi connectivity index (χ0n) is 17.2. The van der Waals surface area contributed by atoms with E-state index >= 15 is 0 Å². The standard InChI is InChI=1S/C22H23ClF2N4O3/c23-17-3-1-2-4-19(17)27-20(30)14-28-9-11-29(12-10-28)21(31)7-8-26-22(32)16-6-5-15(24)13-18(16)25/h1-6,13H,7-12,14H2,(H,26,32)(H,27,30). The highest BCUT2D eigenvalue weighted by molar-refractivity contribution is 6.33. The molecule has 2 aromatic rings. The van der Waals surface area contributed by atoms with Crippen LogP contribution in [0.25, 0.3) is 0 Å². The predicted molar refractivity (Wildman–Crippen MR) is 116 cm³/mol. The van der Waals surface area contributed by atoms with Crippen molar-refractivity contribution in [3.8, 4) is 0 Å². The number of hydrogen-bond donors (Lipinski definition) is 2. The van der Waals surface area contributed by atoms with Gasteiger partial charge in [0.15, 0.2) is 0 Å². The van der Waals surface area contributed by atoms with Crippen LogP contribution in [0.15, 0.2) is 42.5 Å². The third-order valence-corrected chi connectivity index (χ3v) is 5.37. The molecule has 2 N–H and O–H groups in total. The monoisotopic (exact) mass is 464 g/mol. The van der Waals surface area contributed by atoms with E-state index in [1.165, 1.54) is 0 Å². The number of benzene rings is 2. The van der Waals surface area contributed by atoms with Gasteiger partial charge < -0.3 is 15.5 Å². The minimum Gasteiger partial charge on any atom is -0.351 e. The van der Waals surface area contributed by atoms with Gasteiger partial charge >= 0.3 is 0 Å². The normalized spacial score (nSPS) is 14.2. The molecule has 1 aliphatic rings. The Kier molecular flexibility index (Phi) is 8.13.